The average Bonchev–Trinajstić information content (AvgIpc) is 2.30. The van der Waals surface area contributed by atoms with Crippen LogP contribution in [-0.4, -0.2) is 29.1 Å². The second-order valence-corrected chi connectivity index (χ2v) is 4.41. The molecular weight excluding hydrogens is 241 g/mol. The molecule has 0 spiro atoms. The molecule has 1 aromatic carbocycles. The lowest BCUT2D eigenvalue weighted by molar-refractivity contribution is 0.0697. The van der Waals surface area contributed by atoms with Gasteiger partial charge in [-0.1, -0.05) is 12.1 Å². The van der Waals surface area contributed by atoms with Crippen molar-refractivity contribution >= 4 is 23.4 Å². The Morgan fingerprint density at radius 2 is 2.35 bits per heavy atom. The predicted octanol–water partition coefficient (Wildman–Crippen LogP) is 2.86. The molecule has 0 amide bonds. The summed E-state index contributed by atoms with van der Waals surface area (Å²) in [5.41, 5.74) is 0.0120. The fourth-order valence-corrected chi connectivity index (χ4v) is 1.88. The van der Waals surface area contributed by atoms with Gasteiger partial charge in [-0.3, -0.25) is 0 Å². The SMILES string of the molecule is C=CCSCCNc1c(F)cccc1C(=O)O. The van der Waals surface area contributed by atoms with E-state index >= 15 is 0 Å². The van der Waals surface area contributed by atoms with Crippen LogP contribution in [0.3, 0.4) is 0 Å². The Morgan fingerprint density at radius 1 is 1.59 bits per heavy atom. The minimum Gasteiger partial charge on any atom is -0.478 e. The number of para-hydroxylation sites is 1. The van der Waals surface area contributed by atoms with Gasteiger partial charge in [0.05, 0.1) is 11.3 Å². The first-order valence-corrected chi connectivity index (χ1v) is 6.26. The van der Waals surface area contributed by atoms with Crippen LogP contribution in [0.15, 0.2) is 30.9 Å². The summed E-state index contributed by atoms with van der Waals surface area (Å²) in [4.78, 5) is 10.9. The highest BCUT2D eigenvalue weighted by atomic mass is 32.2. The summed E-state index contributed by atoms with van der Waals surface area (Å²) in [7, 11) is 0. The number of nitrogens with one attached hydrogen (secondary N) is 1. The number of rotatable bonds is 7. The number of thioether (sulfide) groups is 1. The van der Waals surface area contributed by atoms with E-state index in [2.05, 4.69) is 11.9 Å². The summed E-state index contributed by atoms with van der Waals surface area (Å²) in [5, 5.41) is 11.7. The van der Waals surface area contributed by atoms with Crippen molar-refractivity contribution in [3.8, 4) is 0 Å². The van der Waals surface area contributed by atoms with Crippen LogP contribution in [0.5, 0.6) is 0 Å². The van der Waals surface area contributed by atoms with E-state index in [-0.39, 0.29) is 11.3 Å². The maximum atomic E-state index is 13.4. The molecule has 1 rings (SSSR count). The monoisotopic (exact) mass is 255 g/mol. The average molecular weight is 255 g/mol. The topological polar surface area (TPSA) is 49.3 Å². The van der Waals surface area contributed by atoms with Crippen LogP contribution in [0.2, 0.25) is 0 Å². The molecule has 0 heterocycles. The lowest BCUT2D eigenvalue weighted by Crippen LogP contribution is -2.11. The highest BCUT2D eigenvalue weighted by Gasteiger charge is 2.13. The summed E-state index contributed by atoms with van der Waals surface area (Å²) >= 11 is 1.64. The summed E-state index contributed by atoms with van der Waals surface area (Å²) < 4.78 is 13.4. The van der Waals surface area contributed by atoms with Crippen LogP contribution in [-0.2, 0) is 0 Å². The molecule has 0 atom stereocenters. The molecule has 0 bridgehead atoms. The Labute approximate surface area is 104 Å². The maximum absolute atomic E-state index is 13.4. The smallest absolute Gasteiger partial charge is 0.337 e. The molecule has 0 unspecified atom stereocenters. The van der Waals surface area contributed by atoms with Gasteiger partial charge in [0.2, 0.25) is 0 Å². The molecule has 0 radical (unpaired) electrons. The summed E-state index contributed by atoms with van der Waals surface area (Å²) in [5.74, 6) is -0.0891. The van der Waals surface area contributed by atoms with Gasteiger partial charge in [-0.25, -0.2) is 9.18 Å². The molecular formula is C12H14FNO2S. The number of aromatic carboxylic acids is 1. The Hall–Kier alpha value is -1.49. The van der Waals surface area contributed by atoms with Crippen LogP contribution in [0.1, 0.15) is 10.4 Å². The molecule has 0 aromatic heterocycles. The normalized spacial score (nSPS) is 9.94. The van der Waals surface area contributed by atoms with Crippen molar-refractivity contribution in [3.05, 3.63) is 42.2 Å². The molecule has 0 fully saturated rings. The second kappa shape index (κ2) is 6.96. The second-order valence-electron chi connectivity index (χ2n) is 3.26. The molecule has 0 aliphatic rings. The van der Waals surface area contributed by atoms with Gasteiger partial charge in [-0.05, 0) is 12.1 Å². The van der Waals surface area contributed by atoms with E-state index in [1.54, 1.807) is 17.8 Å². The predicted molar refractivity (Wildman–Crippen MR) is 69.4 cm³/mol. The van der Waals surface area contributed by atoms with Crippen LogP contribution in [0, 0.1) is 5.82 Å². The van der Waals surface area contributed by atoms with Crippen molar-refractivity contribution < 1.29 is 14.3 Å². The molecule has 0 aliphatic heterocycles. The fourth-order valence-electron chi connectivity index (χ4n) is 1.30. The van der Waals surface area contributed by atoms with E-state index in [0.29, 0.717) is 6.54 Å². The zero-order valence-corrected chi connectivity index (χ0v) is 10.1. The lowest BCUT2D eigenvalue weighted by atomic mass is 10.1. The van der Waals surface area contributed by atoms with E-state index in [1.165, 1.54) is 18.2 Å². The van der Waals surface area contributed by atoms with Crippen LogP contribution in [0.4, 0.5) is 10.1 Å². The number of hydrogen-bond donors (Lipinski definition) is 2. The molecule has 0 aliphatic carbocycles. The van der Waals surface area contributed by atoms with Crippen molar-refractivity contribution in [1.29, 1.82) is 0 Å². The molecule has 2 N–H and O–H groups in total. The van der Waals surface area contributed by atoms with Crippen molar-refractivity contribution in [2.45, 2.75) is 0 Å². The minimum absolute atomic E-state index is 0.0429. The van der Waals surface area contributed by atoms with Crippen molar-refractivity contribution in [2.24, 2.45) is 0 Å². The van der Waals surface area contributed by atoms with Crippen LogP contribution in [0.25, 0.3) is 0 Å². The Balaban J connectivity index is 2.62. The number of benzene rings is 1. The van der Waals surface area contributed by atoms with Gasteiger partial charge in [-0.15, -0.1) is 6.58 Å². The van der Waals surface area contributed by atoms with E-state index < -0.39 is 11.8 Å². The Morgan fingerprint density at radius 3 is 3.00 bits per heavy atom. The number of carbonyl (C=O) groups is 1. The van der Waals surface area contributed by atoms with E-state index in [0.717, 1.165) is 11.5 Å². The number of halogens is 1. The molecule has 0 saturated heterocycles. The van der Waals surface area contributed by atoms with Gasteiger partial charge in [0.1, 0.15) is 5.82 Å². The zero-order valence-electron chi connectivity index (χ0n) is 9.28. The van der Waals surface area contributed by atoms with E-state index in [9.17, 15) is 9.18 Å². The zero-order chi connectivity index (χ0) is 12.7. The molecule has 92 valence electrons. The van der Waals surface area contributed by atoms with Crippen LogP contribution < -0.4 is 5.32 Å². The largest absolute Gasteiger partial charge is 0.478 e. The number of carboxylic acid groups (broad SMARTS) is 1. The molecule has 1 aromatic rings. The number of hydrogen-bond acceptors (Lipinski definition) is 3. The quantitative estimate of drug-likeness (QED) is 0.581. The maximum Gasteiger partial charge on any atom is 0.337 e. The van der Waals surface area contributed by atoms with Gasteiger partial charge >= 0.3 is 5.97 Å². The number of anilines is 1. The van der Waals surface area contributed by atoms with Gasteiger partial charge in [0.15, 0.2) is 0 Å². The van der Waals surface area contributed by atoms with E-state index in [1.807, 2.05) is 0 Å². The summed E-state index contributed by atoms with van der Waals surface area (Å²) in [6.07, 6.45) is 1.79. The minimum atomic E-state index is -1.13. The first-order chi connectivity index (χ1) is 8.16. The number of carboxylic acids is 1. The third kappa shape index (κ3) is 4.11. The van der Waals surface area contributed by atoms with Crippen molar-refractivity contribution in [2.75, 3.05) is 23.4 Å². The van der Waals surface area contributed by atoms with Crippen molar-refractivity contribution in [1.82, 2.24) is 0 Å². The Bertz CT molecular complexity index is 409. The standard InChI is InChI=1S/C12H14FNO2S/c1-2-7-17-8-6-14-11-9(12(15)16)4-3-5-10(11)13/h2-5,14H,1,6-8H2,(H,15,16). The van der Waals surface area contributed by atoms with Gasteiger partial charge < -0.3 is 10.4 Å². The highest BCUT2D eigenvalue weighted by Crippen LogP contribution is 2.19. The molecule has 3 nitrogen and oxygen atoms in total. The first-order valence-electron chi connectivity index (χ1n) is 5.11. The fraction of sp³-hybridized carbons (Fsp3) is 0.250. The molecule has 0 saturated carbocycles. The van der Waals surface area contributed by atoms with Gasteiger partial charge in [0, 0.05) is 18.1 Å². The van der Waals surface area contributed by atoms with Gasteiger partial charge in [0.25, 0.3) is 0 Å². The third-order valence-electron chi connectivity index (χ3n) is 2.03. The van der Waals surface area contributed by atoms with Crippen LogP contribution >= 0.6 is 11.8 Å². The van der Waals surface area contributed by atoms with Crippen molar-refractivity contribution in [3.63, 3.8) is 0 Å². The third-order valence-corrected chi connectivity index (χ3v) is 2.99. The Kier molecular flexibility index (Phi) is 5.56. The van der Waals surface area contributed by atoms with Gasteiger partial charge in [-0.2, -0.15) is 11.8 Å². The van der Waals surface area contributed by atoms with E-state index in [4.69, 9.17) is 5.11 Å². The highest BCUT2D eigenvalue weighted by molar-refractivity contribution is 7.99. The summed E-state index contributed by atoms with van der Waals surface area (Å²) in [6.45, 7) is 4.10. The lowest BCUT2D eigenvalue weighted by Gasteiger charge is -2.09. The molecule has 17 heavy (non-hydrogen) atoms. The summed E-state index contributed by atoms with van der Waals surface area (Å²) in [6, 6.07) is 4.01. The first kappa shape index (κ1) is 13.6. The molecule has 5 heteroatoms.